The first-order valence-corrected chi connectivity index (χ1v) is 8.45. The van der Waals surface area contributed by atoms with Crippen LogP contribution in [0, 0.1) is 11.7 Å². The minimum Gasteiger partial charge on any atom is -0.327 e. The van der Waals surface area contributed by atoms with E-state index < -0.39 is 15.8 Å². The fourth-order valence-corrected chi connectivity index (χ4v) is 4.14. The van der Waals surface area contributed by atoms with Crippen LogP contribution < -0.4 is 5.73 Å². The van der Waals surface area contributed by atoms with Gasteiger partial charge in [-0.25, -0.2) is 17.1 Å². The molecule has 1 aliphatic rings. The van der Waals surface area contributed by atoms with Crippen LogP contribution in [-0.2, 0) is 15.8 Å². The van der Waals surface area contributed by atoms with E-state index >= 15 is 0 Å². The van der Waals surface area contributed by atoms with Crippen LogP contribution in [0.1, 0.15) is 18.9 Å². The van der Waals surface area contributed by atoms with E-state index in [-0.39, 0.29) is 22.7 Å². The summed E-state index contributed by atoms with van der Waals surface area (Å²) in [6, 6.07) is 4.02. The highest BCUT2D eigenvalue weighted by Gasteiger charge is 2.30. The zero-order valence-corrected chi connectivity index (χ0v) is 12.8. The molecular weight excluding hydrogens is 303 g/mol. The number of piperidine rings is 1. The molecule has 0 bridgehead atoms. The summed E-state index contributed by atoms with van der Waals surface area (Å²) in [6.45, 7) is 2.81. The Morgan fingerprint density at radius 2 is 2.20 bits per heavy atom. The molecule has 0 aliphatic carbocycles. The molecule has 2 N–H and O–H groups in total. The lowest BCUT2D eigenvalue weighted by molar-refractivity contribution is 0.250. The number of sulfonamides is 1. The summed E-state index contributed by atoms with van der Waals surface area (Å²) in [5.41, 5.74) is 6.38. The fourth-order valence-electron chi connectivity index (χ4n) is 2.31. The van der Waals surface area contributed by atoms with Gasteiger partial charge in [0.15, 0.2) is 0 Å². The topological polar surface area (TPSA) is 63.4 Å². The van der Waals surface area contributed by atoms with Crippen molar-refractivity contribution in [3.8, 4) is 0 Å². The Morgan fingerprint density at radius 3 is 2.80 bits per heavy atom. The minimum atomic E-state index is -3.43. The van der Waals surface area contributed by atoms with E-state index in [1.807, 2.05) is 6.92 Å². The third-order valence-corrected chi connectivity index (χ3v) is 5.77. The van der Waals surface area contributed by atoms with Crippen molar-refractivity contribution in [1.82, 2.24) is 4.31 Å². The van der Waals surface area contributed by atoms with Crippen LogP contribution in [-0.4, -0.2) is 31.9 Å². The lowest BCUT2D eigenvalue weighted by atomic mass is 9.96. The first-order valence-electron chi connectivity index (χ1n) is 6.47. The molecule has 20 heavy (non-hydrogen) atoms. The smallest absolute Gasteiger partial charge is 0.218 e. The lowest BCUT2D eigenvalue weighted by Crippen LogP contribution is -2.48. The van der Waals surface area contributed by atoms with Crippen LogP contribution >= 0.6 is 11.6 Å². The summed E-state index contributed by atoms with van der Waals surface area (Å²) in [4.78, 5) is 0. The van der Waals surface area contributed by atoms with Gasteiger partial charge >= 0.3 is 0 Å². The SMILES string of the molecule is CC1CN(S(=O)(=O)Cc2ccc(F)c(Cl)c2)CCC1N. The second kappa shape index (κ2) is 5.97. The Kier molecular flexibility index (Phi) is 4.69. The molecule has 1 fully saturated rings. The Hall–Kier alpha value is -0.690. The third kappa shape index (κ3) is 3.49. The van der Waals surface area contributed by atoms with Crippen LogP contribution in [0.2, 0.25) is 5.02 Å². The Balaban J connectivity index is 2.13. The van der Waals surface area contributed by atoms with Gasteiger partial charge in [0.25, 0.3) is 0 Å². The van der Waals surface area contributed by atoms with Crippen molar-refractivity contribution in [2.24, 2.45) is 11.7 Å². The lowest BCUT2D eigenvalue weighted by Gasteiger charge is -2.34. The molecule has 1 aromatic carbocycles. The van der Waals surface area contributed by atoms with Crippen LogP contribution in [0.5, 0.6) is 0 Å². The molecule has 7 heteroatoms. The molecule has 0 saturated carbocycles. The zero-order valence-electron chi connectivity index (χ0n) is 11.2. The molecule has 0 aromatic heterocycles. The Morgan fingerprint density at radius 1 is 1.50 bits per heavy atom. The fraction of sp³-hybridized carbons (Fsp3) is 0.538. The van der Waals surface area contributed by atoms with Crippen molar-refractivity contribution in [3.63, 3.8) is 0 Å². The van der Waals surface area contributed by atoms with Gasteiger partial charge in [-0.1, -0.05) is 24.6 Å². The standard InChI is InChI=1S/C13H18ClFN2O2S/c1-9-7-17(5-4-13(9)16)20(18,19)8-10-2-3-12(15)11(14)6-10/h2-3,6,9,13H,4-5,7-8,16H2,1H3. The molecular formula is C13H18ClFN2O2S. The number of hydrogen-bond donors (Lipinski definition) is 1. The van der Waals surface area contributed by atoms with Crippen molar-refractivity contribution in [1.29, 1.82) is 0 Å². The molecule has 1 aliphatic heterocycles. The normalized spacial score (nSPS) is 24.8. The highest BCUT2D eigenvalue weighted by atomic mass is 35.5. The minimum absolute atomic E-state index is 0.0433. The Bertz CT molecular complexity index is 594. The summed E-state index contributed by atoms with van der Waals surface area (Å²) in [5, 5.41) is -0.0632. The molecule has 2 atom stereocenters. The largest absolute Gasteiger partial charge is 0.327 e. The number of rotatable bonds is 3. The number of benzene rings is 1. The maximum absolute atomic E-state index is 13.1. The Labute approximate surface area is 123 Å². The van der Waals surface area contributed by atoms with Gasteiger partial charge in [0.05, 0.1) is 10.8 Å². The van der Waals surface area contributed by atoms with Gasteiger partial charge in [0.1, 0.15) is 5.82 Å². The van der Waals surface area contributed by atoms with Gasteiger partial charge in [-0.3, -0.25) is 0 Å². The van der Waals surface area contributed by atoms with Crippen LogP contribution in [0.4, 0.5) is 4.39 Å². The van der Waals surface area contributed by atoms with Gasteiger partial charge in [0, 0.05) is 19.1 Å². The summed E-state index contributed by atoms with van der Waals surface area (Å²) in [6.07, 6.45) is 0.657. The summed E-state index contributed by atoms with van der Waals surface area (Å²) in [7, 11) is -3.43. The summed E-state index contributed by atoms with van der Waals surface area (Å²) < 4.78 is 39.2. The van der Waals surface area contributed by atoms with E-state index in [4.69, 9.17) is 17.3 Å². The molecule has 0 amide bonds. The van der Waals surface area contributed by atoms with Gasteiger partial charge in [-0.05, 0) is 30.0 Å². The summed E-state index contributed by atoms with van der Waals surface area (Å²) >= 11 is 5.67. The highest BCUT2D eigenvalue weighted by Crippen LogP contribution is 2.22. The van der Waals surface area contributed by atoms with Crippen molar-refractivity contribution in [3.05, 3.63) is 34.6 Å². The molecule has 4 nitrogen and oxygen atoms in total. The van der Waals surface area contributed by atoms with Crippen LogP contribution in [0.15, 0.2) is 18.2 Å². The van der Waals surface area contributed by atoms with Gasteiger partial charge in [-0.2, -0.15) is 0 Å². The van der Waals surface area contributed by atoms with Crippen LogP contribution in [0.25, 0.3) is 0 Å². The van der Waals surface area contributed by atoms with Crippen LogP contribution in [0.3, 0.4) is 0 Å². The van der Waals surface area contributed by atoms with E-state index in [0.717, 1.165) is 0 Å². The van der Waals surface area contributed by atoms with Crippen molar-refractivity contribution < 1.29 is 12.8 Å². The van der Waals surface area contributed by atoms with Crippen molar-refractivity contribution in [2.45, 2.75) is 25.1 Å². The molecule has 1 aromatic rings. The molecule has 0 spiro atoms. The molecule has 0 radical (unpaired) electrons. The zero-order chi connectivity index (χ0) is 14.9. The highest BCUT2D eigenvalue weighted by molar-refractivity contribution is 7.88. The van der Waals surface area contributed by atoms with Gasteiger partial charge in [0.2, 0.25) is 10.0 Å². The maximum Gasteiger partial charge on any atom is 0.218 e. The van der Waals surface area contributed by atoms with E-state index in [9.17, 15) is 12.8 Å². The quantitative estimate of drug-likeness (QED) is 0.926. The average Bonchev–Trinajstić information content (AvgIpc) is 2.37. The second-order valence-electron chi connectivity index (χ2n) is 5.29. The second-order valence-corrected chi connectivity index (χ2v) is 7.67. The average molecular weight is 321 g/mol. The van der Waals surface area contributed by atoms with Gasteiger partial charge < -0.3 is 5.73 Å². The molecule has 1 saturated heterocycles. The van der Waals surface area contributed by atoms with Crippen molar-refractivity contribution >= 4 is 21.6 Å². The number of halogens is 2. The summed E-state index contributed by atoms with van der Waals surface area (Å²) in [5.74, 6) is -0.588. The third-order valence-electron chi connectivity index (χ3n) is 3.66. The van der Waals surface area contributed by atoms with Gasteiger partial charge in [-0.15, -0.1) is 0 Å². The molecule has 112 valence electrons. The molecule has 2 rings (SSSR count). The van der Waals surface area contributed by atoms with E-state index in [0.29, 0.717) is 25.1 Å². The number of nitrogens with zero attached hydrogens (tertiary/aromatic N) is 1. The molecule has 1 heterocycles. The van der Waals surface area contributed by atoms with Crippen molar-refractivity contribution in [2.75, 3.05) is 13.1 Å². The van der Waals surface area contributed by atoms with E-state index in [1.165, 1.54) is 22.5 Å². The monoisotopic (exact) mass is 320 g/mol. The number of hydrogen-bond acceptors (Lipinski definition) is 3. The van der Waals surface area contributed by atoms with E-state index in [1.54, 1.807) is 0 Å². The first-order chi connectivity index (χ1) is 9.29. The number of nitrogens with two attached hydrogens (primary N) is 1. The molecule has 2 unspecified atom stereocenters. The van der Waals surface area contributed by atoms with E-state index in [2.05, 4.69) is 0 Å². The predicted molar refractivity (Wildman–Crippen MR) is 77.4 cm³/mol. The maximum atomic E-state index is 13.1. The predicted octanol–water partition coefficient (Wildman–Crippen LogP) is 1.98. The first kappa shape index (κ1) is 15.7.